The fourth-order valence-corrected chi connectivity index (χ4v) is 2.37. The zero-order valence-corrected chi connectivity index (χ0v) is 9.43. The molecule has 1 aliphatic carbocycles. The molecule has 0 radical (unpaired) electrons. The second-order valence-electron chi connectivity index (χ2n) is 4.67. The Bertz CT molecular complexity index is 321. The molecule has 1 aromatic heterocycles. The molecule has 0 bridgehead atoms. The van der Waals surface area contributed by atoms with Crippen molar-refractivity contribution in [2.45, 2.75) is 45.7 Å². The lowest BCUT2D eigenvalue weighted by Gasteiger charge is -2.32. The lowest BCUT2D eigenvalue weighted by atomic mass is 9.79. The minimum Gasteiger partial charge on any atom is -0.324 e. The summed E-state index contributed by atoms with van der Waals surface area (Å²) >= 11 is 0. The molecule has 2 N–H and O–H groups in total. The van der Waals surface area contributed by atoms with Crippen molar-refractivity contribution in [2.75, 3.05) is 0 Å². The molecular formula is C10H19N5. The predicted octanol–water partition coefficient (Wildman–Crippen LogP) is 1.13. The van der Waals surface area contributed by atoms with Crippen molar-refractivity contribution in [3.8, 4) is 0 Å². The molecule has 84 valence electrons. The van der Waals surface area contributed by atoms with E-state index in [1.165, 1.54) is 19.3 Å². The number of tetrazole rings is 1. The van der Waals surface area contributed by atoms with Gasteiger partial charge in [0.25, 0.3) is 0 Å². The SMILES string of the molecule is CC1CCC(n2nnnc2CN)CC1C. The molecule has 0 amide bonds. The molecule has 2 rings (SSSR count). The van der Waals surface area contributed by atoms with E-state index in [9.17, 15) is 0 Å². The number of hydrogen-bond acceptors (Lipinski definition) is 4. The monoisotopic (exact) mass is 209 g/mol. The van der Waals surface area contributed by atoms with Crippen LogP contribution in [0.1, 0.15) is 45.0 Å². The van der Waals surface area contributed by atoms with Crippen molar-refractivity contribution in [1.82, 2.24) is 20.2 Å². The maximum Gasteiger partial charge on any atom is 0.165 e. The van der Waals surface area contributed by atoms with Crippen molar-refractivity contribution in [2.24, 2.45) is 17.6 Å². The fraction of sp³-hybridized carbons (Fsp3) is 0.900. The molecule has 0 saturated heterocycles. The topological polar surface area (TPSA) is 69.6 Å². The molecule has 1 saturated carbocycles. The van der Waals surface area contributed by atoms with Gasteiger partial charge in [-0.2, -0.15) is 0 Å². The highest BCUT2D eigenvalue weighted by Gasteiger charge is 2.27. The third kappa shape index (κ3) is 2.02. The zero-order valence-electron chi connectivity index (χ0n) is 9.43. The molecule has 0 aliphatic heterocycles. The second-order valence-corrected chi connectivity index (χ2v) is 4.67. The highest BCUT2D eigenvalue weighted by atomic mass is 15.6. The highest BCUT2D eigenvalue weighted by Crippen LogP contribution is 2.35. The molecule has 1 aromatic rings. The van der Waals surface area contributed by atoms with E-state index in [2.05, 4.69) is 29.4 Å². The number of nitrogens with two attached hydrogens (primary N) is 1. The Morgan fingerprint density at radius 1 is 1.33 bits per heavy atom. The van der Waals surface area contributed by atoms with E-state index in [1.807, 2.05) is 4.68 Å². The zero-order chi connectivity index (χ0) is 10.8. The first-order valence-corrected chi connectivity index (χ1v) is 5.69. The van der Waals surface area contributed by atoms with E-state index in [0.717, 1.165) is 17.7 Å². The molecule has 5 nitrogen and oxygen atoms in total. The Balaban J connectivity index is 2.11. The van der Waals surface area contributed by atoms with Gasteiger partial charge < -0.3 is 5.73 Å². The number of aromatic nitrogens is 4. The highest BCUT2D eigenvalue weighted by molar-refractivity contribution is 4.86. The summed E-state index contributed by atoms with van der Waals surface area (Å²) < 4.78 is 1.92. The number of hydrogen-bond donors (Lipinski definition) is 1. The third-order valence-electron chi connectivity index (χ3n) is 3.66. The van der Waals surface area contributed by atoms with Crippen LogP contribution in [-0.2, 0) is 6.54 Å². The summed E-state index contributed by atoms with van der Waals surface area (Å²) in [5.41, 5.74) is 5.60. The molecule has 1 aliphatic rings. The molecule has 5 heteroatoms. The van der Waals surface area contributed by atoms with Crippen molar-refractivity contribution in [1.29, 1.82) is 0 Å². The van der Waals surface area contributed by atoms with Crippen molar-refractivity contribution in [3.05, 3.63) is 5.82 Å². The van der Waals surface area contributed by atoms with Gasteiger partial charge in [-0.1, -0.05) is 13.8 Å². The summed E-state index contributed by atoms with van der Waals surface area (Å²) in [4.78, 5) is 0. The standard InChI is InChI=1S/C10H19N5/c1-7-3-4-9(5-8(7)2)15-10(6-11)12-13-14-15/h7-9H,3-6,11H2,1-2H3. The number of nitrogens with zero attached hydrogens (tertiary/aromatic N) is 4. The van der Waals surface area contributed by atoms with Gasteiger partial charge in [0.05, 0.1) is 12.6 Å². The van der Waals surface area contributed by atoms with Gasteiger partial charge in [-0.05, 0) is 41.5 Å². The van der Waals surface area contributed by atoms with Crippen molar-refractivity contribution < 1.29 is 0 Å². The van der Waals surface area contributed by atoms with Gasteiger partial charge in [0.2, 0.25) is 0 Å². The molecule has 15 heavy (non-hydrogen) atoms. The van der Waals surface area contributed by atoms with E-state index in [0.29, 0.717) is 12.6 Å². The van der Waals surface area contributed by atoms with Gasteiger partial charge in [0.15, 0.2) is 5.82 Å². The molecule has 3 atom stereocenters. The predicted molar refractivity (Wildman–Crippen MR) is 56.9 cm³/mol. The maximum atomic E-state index is 5.60. The van der Waals surface area contributed by atoms with Crippen LogP contribution in [0.4, 0.5) is 0 Å². The average molecular weight is 209 g/mol. The Labute approximate surface area is 90.0 Å². The van der Waals surface area contributed by atoms with Gasteiger partial charge >= 0.3 is 0 Å². The van der Waals surface area contributed by atoms with Crippen LogP contribution in [0, 0.1) is 11.8 Å². The van der Waals surface area contributed by atoms with Crippen LogP contribution in [0.3, 0.4) is 0 Å². The van der Waals surface area contributed by atoms with Crippen LogP contribution in [0.25, 0.3) is 0 Å². The Kier molecular flexibility index (Phi) is 3.00. The lowest BCUT2D eigenvalue weighted by molar-refractivity contribution is 0.196. The lowest BCUT2D eigenvalue weighted by Crippen LogP contribution is -2.25. The molecule has 3 unspecified atom stereocenters. The van der Waals surface area contributed by atoms with Gasteiger partial charge in [-0.25, -0.2) is 4.68 Å². The first kappa shape index (κ1) is 10.5. The van der Waals surface area contributed by atoms with Crippen LogP contribution < -0.4 is 5.73 Å². The number of rotatable bonds is 2. The van der Waals surface area contributed by atoms with Gasteiger partial charge in [0, 0.05) is 0 Å². The van der Waals surface area contributed by atoms with Crippen LogP contribution >= 0.6 is 0 Å². The smallest absolute Gasteiger partial charge is 0.165 e. The molecule has 0 spiro atoms. The molecule has 0 aromatic carbocycles. The third-order valence-corrected chi connectivity index (χ3v) is 3.66. The first-order chi connectivity index (χ1) is 7.22. The van der Waals surface area contributed by atoms with E-state index in [4.69, 9.17) is 5.73 Å². The minimum absolute atomic E-state index is 0.424. The Hall–Kier alpha value is -0.970. The van der Waals surface area contributed by atoms with Crippen LogP contribution in [0.15, 0.2) is 0 Å². The second kappa shape index (κ2) is 4.26. The molecule has 1 fully saturated rings. The van der Waals surface area contributed by atoms with Crippen LogP contribution in [-0.4, -0.2) is 20.2 Å². The van der Waals surface area contributed by atoms with Crippen LogP contribution in [0.5, 0.6) is 0 Å². The van der Waals surface area contributed by atoms with E-state index in [-0.39, 0.29) is 0 Å². The van der Waals surface area contributed by atoms with Crippen molar-refractivity contribution >= 4 is 0 Å². The van der Waals surface area contributed by atoms with Crippen molar-refractivity contribution in [3.63, 3.8) is 0 Å². The van der Waals surface area contributed by atoms with Gasteiger partial charge in [0.1, 0.15) is 0 Å². The largest absolute Gasteiger partial charge is 0.324 e. The Morgan fingerprint density at radius 2 is 2.13 bits per heavy atom. The summed E-state index contributed by atoms with van der Waals surface area (Å²) in [5.74, 6) is 2.37. The van der Waals surface area contributed by atoms with E-state index in [1.54, 1.807) is 0 Å². The van der Waals surface area contributed by atoms with Crippen LogP contribution in [0.2, 0.25) is 0 Å². The first-order valence-electron chi connectivity index (χ1n) is 5.69. The normalized spacial score (nSPS) is 31.8. The Morgan fingerprint density at radius 3 is 2.80 bits per heavy atom. The summed E-state index contributed by atoms with van der Waals surface area (Å²) in [5, 5.41) is 11.7. The summed E-state index contributed by atoms with van der Waals surface area (Å²) in [6.45, 7) is 5.06. The summed E-state index contributed by atoms with van der Waals surface area (Å²) in [6, 6.07) is 0.449. The van der Waals surface area contributed by atoms with E-state index < -0.39 is 0 Å². The summed E-state index contributed by atoms with van der Waals surface area (Å²) in [7, 11) is 0. The maximum absolute atomic E-state index is 5.60. The van der Waals surface area contributed by atoms with E-state index >= 15 is 0 Å². The quantitative estimate of drug-likeness (QED) is 0.792. The minimum atomic E-state index is 0.424. The van der Waals surface area contributed by atoms with Gasteiger partial charge in [-0.15, -0.1) is 5.10 Å². The summed E-state index contributed by atoms with van der Waals surface area (Å²) in [6.07, 6.45) is 3.60. The molecule has 1 heterocycles. The molecular weight excluding hydrogens is 190 g/mol. The van der Waals surface area contributed by atoms with Gasteiger partial charge in [-0.3, -0.25) is 0 Å². The fourth-order valence-electron chi connectivity index (χ4n) is 2.37. The average Bonchev–Trinajstić information content (AvgIpc) is 2.70.